The molecule has 2 heterocycles. The fourth-order valence-electron chi connectivity index (χ4n) is 2.70. The predicted octanol–water partition coefficient (Wildman–Crippen LogP) is 4.01. The second-order valence-electron chi connectivity index (χ2n) is 5.44. The summed E-state index contributed by atoms with van der Waals surface area (Å²) in [4.78, 5) is 16.4. The Labute approximate surface area is 143 Å². The monoisotopic (exact) mass is 345 g/mol. The van der Waals surface area contributed by atoms with Crippen molar-refractivity contribution < 1.29 is 18.3 Å². The Balaban J connectivity index is 1.76. The molecule has 3 aromatic rings. The Kier molecular flexibility index (Phi) is 4.92. The second-order valence-corrected chi connectivity index (χ2v) is 5.44. The van der Waals surface area contributed by atoms with Crippen molar-refractivity contribution in [3.8, 4) is 5.75 Å². The van der Waals surface area contributed by atoms with Gasteiger partial charge in [0.25, 0.3) is 6.43 Å². The first-order chi connectivity index (χ1) is 12.1. The molecule has 1 amide bonds. The van der Waals surface area contributed by atoms with E-state index < -0.39 is 6.43 Å². The quantitative estimate of drug-likeness (QED) is 0.734. The number of amides is 1. The van der Waals surface area contributed by atoms with Crippen LogP contribution in [0, 0.1) is 0 Å². The van der Waals surface area contributed by atoms with Gasteiger partial charge in [-0.3, -0.25) is 4.79 Å². The minimum atomic E-state index is -2.63. The van der Waals surface area contributed by atoms with Crippen LogP contribution in [0.4, 0.5) is 14.5 Å². The zero-order valence-electron chi connectivity index (χ0n) is 13.6. The highest BCUT2D eigenvalue weighted by molar-refractivity contribution is 5.92. The molecule has 0 radical (unpaired) electrons. The summed E-state index contributed by atoms with van der Waals surface area (Å²) < 4.78 is 33.1. The van der Waals surface area contributed by atoms with Crippen molar-refractivity contribution >= 4 is 22.6 Å². The summed E-state index contributed by atoms with van der Waals surface area (Å²) in [6.45, 7) is 0.112. The van der Waals surface area contributed by atoms with E-state index in [4.69, 9.17) is 4.74 Å². The number of carbonyl (C=O) groups excluding carboxylic acids is 1. The van der Waals surface area contributed by atoms with Crippen LogP contribution >= 0.6 is 0 Å². The molecule has 130 valence electrons. The van der Waals surface area contributed by atoms with Gasteiger partial charge in [-0.2, -0.15) is 0 Å². The molecule has 0 saturated carbocycles. The number of benzene rings is 1. The zero-order chi connectivity index (χ0) is 17.8. The Morgan fingerprint density at radius 3 is 2.84 bits per heavy atom. The lowest BCUT2D eigenvalue weighted by molar-refractivity contribution is -0.116. The third-order valence-electron chi connectivity index (χ3n) is 3.85. The summed E-state index contributed by atoms with van der Waals surface area (Å²) in [5.74, 6) is 0.250. The number of hydrogen-bond donors (Lipinski definition) is 1. The van der Waals surface area contributed by atoms with E-state index in [2.05, 4.69) is 10.3 Å². The summed E-state index contributed by atoms with van der Waals surface area (Å²) in [5.41, 5.74) is 0.848. The fraction of sp³-hybridized carbons (Fsp3) is 0.222. The number of pyridine rings is 1. The van der Waals surface area contributed by atoms with Crippen molar-refractivity contribution in [3.63, 3.8) is 0 Å². The van der Waals surface area contributed by atoms with E-state index in [1.165, 1.54) is 17.7 Å². The number of anilines is 1. The van der Waals surface area contributed by atoms with E-state index in [-0.39, 0.29) is 24.6 Å². The minimum absolute atomic E-state index is 0.0398. The van der Waals surface area contributed by atoms with Crippen LogP contribution in [0.3, 0.4) is 0 Å². The number of methoxy groups -OCH3 is 1. The molecule has 0 bridgehead atoms. The molecule has 0 aliphatic heterocycles. The van der Waals surface area contributed by atoms with Gasteiger partial charge in [-0.05, 0) is 30.3 Å². The van der Waals surface area contributed by atoms with Gasteiger partial charge >= 0.3 is 0 Å². The first-order valence-electron chi connectivity index (χ1n) is 7.75. The molecule has 1 N–H and O–H groups in total. The Hall–Kier alpha value is -2.96. The van der Waals surface area contributed by atoms with E-state index in [0.29, 0.717) is 22.5 Å². The molecule has 3 rings (SSSR count). The number of aromatic nitrogens is 2. The van der Waals surface area contributed by atoms with E-state index in [1.807, 2.05) is 0 Å². The van der Waals surface area contributed by atoms with Crippen LogP contribution in [-0.2, 0) is 11.3 Å². The van der Waals surface area contributed by atoms with Gasteiger partial charge in [0.2, 0.25) is 5.91 Å². The maximum atomic E-state index is 13.3. The fourth-order valence-corrected chi connectivity index (χ4v) is 2.70. The molecule has 0 aliphatic rings. The highest BCUT2D eigenvalue weighted by Gasteiger charge is 2.18. The molecule has 0 unspecified atom stereocenters. The number of nitrogens with zero attached hydrogens (tertiary/aromatic N) is 2. The molecule has 0 spiro atoms. The summed E-state index contributed by atoms with van der Waals surface area (Å²) in [6.07, 6.45) is -1.05. The molecule has 0 aliphatic carbocycles. The molecule has 0 atom stereocenters. The van der Waals surface area contributed by atoms with E-state index in [1.54, 1.807) is 42.6 Å². The Bertz CT molecular complexity index is 893. The minimum Gasteiger partial charge on any atom is -0.495 e. The van der Waals surface area contributed by atoms with Gasteiger partial charge in [0.1, 0.15) is 11.4 Å². The van der Waals surface area contributed by atoms with Crippen molar-refractivity contribution in [3.05, 3.63) is 54.4 Å². The topological polar surface area (TPSA) is 56.1 Å². The molecule has 0 fully saturated rings. The second kappa shape index (κ2) is 7.29. The molecule has 7 heteroatoms. The van der Waals surface area contributed by atoms with Crippen LogP contribution < -0.4 is 10.1 Å². The first-order valence-corrected chi connectivity index (χ1v) is 7.75. The van der Waals surface area contributed by atoms with Crippen LogP contribution in [-0.4, -0.2) is 22.6 Å². The number of nitrogens with one attached hydrogen (secondary N) is 1. The Morgan fingerprint density at radius 1 is 1.28 bits per heavy atom. The molecule has 1 aromatic carbocycles. The largest absolute Gasteiger partial charge is 0.495 e. The van der Waals surface area contributed by atoms with Gasteiger partial charge < -0.3 is 14.6 Å². The number of para-hydroxylation sites is 2. The molecular weight excluding hydrogens is 328 g/mol. The van der Waals surface area contributed by atoms with Gasteiger partial charge in [0.15, 0.2) is 0 Å². The summed E-state index contributed by atoms with van der Waals surface area (Å²) in [7, 11) is 1.51. The average Bonchev–Trinajstić information content (AvgIpc) is 2.99. The Morgan fingerprint density at radius 2 is 2.08 bits per heavy atom. The highest BCUT2D eigenvalue weighted by Crippen LogP contribution is 2.27. The zero-order valence-corrected chi connectivity index (χ0v) is 13.6. The van der Waals surface area contributed by atoms with Gasteiger partial charge in [-0.1, -0.05) is 12.1 Å². The molecule has 5 nitrogen and oxygen atoms in total. The van der Waals surface area contributed by atoms with Gasteiger partial charge in [-0.25, -0.2) is 13.8 Å². The lowest BCUT2D eigenvalue weighted by Gasteiger charge is -2.12. The molecular formula is C18H17F2N3O2. The van der Waals surface area contributed by atoms with Crippen LogP contribution in [0.15, 0.2) is 48.7 Å². The van der Waals surface area contributed by atoms with Crippen molar-refractivity contribution in [1.82, 2.24) is 9.55 Å². The maximum Gasteiger partial charge on any atom is 0.278 e. The van der Waals surface area contributed by atoms with E-state index in [0.717, 1.165) is 0 Å². The first kappa shape index (κ1) is 16.9. The van der Waals surface area contributed by atoms with Crippen LogP contribution in [0.5, 0.6) is 5.75 Å². The number of ether oxygens (including phenoxy) is 1. The van der Waals surface area contributed by atoms with Crippen molar-refractivity contribution in [1.29, 1.82) is 0 Å². The highest BCUT2D eigenvalue weighted by atomic mass is 19.3. The number of hydrogen-bond acceptors (Lipinski definition) is 3. The number of halogens is 2. The number of alkyl halides is 2. The molecule has 0 saturated heterocycles. The molecule has 2 aromatic heterocycles. The normalized spacial score (nSPS) is 11.0. The summed E-state index contributed by atoms with van der Waals surface area (Å²) in [6, 6.07) is 11.8. The van der Waals surface area contributed by atoms with Gasteiger partial charge in [0.05, 0.1) is 18.5 Å². The number of aryl methyl sites for hydroxylation is 1. The third kappa shape index (κ3) is 3.60. The van der Waals surface area contributed by atoms with E-state index >= 15 is 0 Å². The van der Waals surface area contributed by atoms with Crippen LogP contribution in [0.2, 0.25) is 0 Å². The average molecular weight is 345 g/mol. The lowest BCUT2D eigenvalue weighted by Crippen LogP contribution is -2.16. The molecule has 25 heavy (non-hydrogen) atoms. The number of carbonyl (C=O) groups is 1. The lowest BCUT2D eigenvalue weighted by atomic mass is 10.2. The predicted molar refractivity (Wildman–Crippen MR) is 90.9 cm³/mol. The summed E-state index contributed by atoms with van der Waals surface area (Å²) in [5, 5.41) is 3.36. The SMILES string of the molecule is COc1ccccc1NC(=O)CCn1c(C(F)F)cc2cccnc21. The van der Waals surface area contributed by atoms with Gasteiger partial charge in [-0.15, -0.1) is 0 Å². The number of fused-ring (bicyclic) bond motifs is 1. The standard InChI is InChI=1S/C18H17F2N3O2/c1-25-15-7-3-2-6-13(15)22-16(24)8-10-23-14(17(19)20)11-12-5-4-9-21-18(12)23/h2-7,9,11,17H,8,10H2,1H3,(H,22,24). The number of rotatable bonds is 6. The smallest absolute Gasteiger partial charge is 0.278 e. The van der Waals surface area contributed by atoms with Gasteiger partial charge in [0, 0.05) is 24.5 Å². The summed E-state index contributed by atoms with van der Waals surface area (Å²) >= 11 is 0. The maximum absolute atomic E-state index is 13.3. The van der Waals surface area contributed by atoms with Crippen LogP contribution in [0.25, 0.3) is 11.0 Å². The van der Waals surface area contributed by atoms with Crippen molar-refractivity contribution in [2.24, 2.45) is 0 Å². The third-order valence-corrected chi connectivity index (χ3v) is 3.85. The van der Waals surface area contributed by atoms with E-state index in [9.17, 15) is 13.6 Å². The van der Waals surface area contributed by atoms with Crippen LogP contribution in [0.1, 0.15) is 18.5 Å². The van der Waals surface area contributed by atoms with Crippen molar-refractivity contribution in [2.45, 2.75) is 19.4 Å². The van der Waals surface area contributed by atoms with Crippen molar-refractivity contribution in [2.75, 3.05) is 12.4 Å².